The molecule has 12 heavy (non-hydrogen) atoms. The molecule has 0 spiro atoms. The normalized spacial score (nSPS) is 9.50. The maximum Gasteiger partial charge on any atom is 0.417 e. The van der Waals surface area contributed by atoms with Crippen LogP contribution in [0.1, 0.15) is 17.5 Å². The Bertz CT molecular complexity index is 270. The minimum absolute atomic E-state index is 0.0574. The van der Waals surface area contributed by atoms with Gasteiger partial charge in [0.15, 0.2) is 0 Å². The van der Waals surface area contributed by atoms with Gasteiger partial charge in [-0.05, 0) is 12.1 Å². The molecule has 0 radical (unpaired) electrons. The van der Waals surface area contributed by atoms with Gasteiger partial charge >= 0.3 is 12.0 Å². The number of aromatic nitrogens is 2. The van der Waals surface area contributed by atoms with Gasteiger partial charge in [-0.15, -0.1) is 4.98 Å². The molecule has 0 aromatic carbocycles. The number of hydrogen-bond donors (Lipinski definition) is 0. The summed E-state index contributed by atoms with van der Waals surface area (Å²) in [6.07, 6.45) is -0.0574. The fourth-order valence-electron chi connectivity index (χ4n) is 0.571. The molecule has 0 aliphatic rings. The van der Waals surface area contributed by atoms with Crippen LogP contribution in [0.2, 0.25) is 0 Å². The van der Waals surface area contributed by atoms with Gasteiger partial charge in [0.25, 0.3) is 5.82 Å². The third-order valence-electron chi connectivity index (χ3n) is 1.04. The van der Waals surface area contributed by atoms with Crippen LogP contribution in [-0.2, 0) is 4.74 Å². The maximum absolute atomic E-state index is 10.9. The molecule has 0 bridgehead atoms. The van der Waals surface area contributed by atoms with Crippen molar-refractivity contribution in [3.63, 3.8) is 0 Å². The largest absolute Gasteiger partial charge is 0.460 e. The van der Waals surface area contributed by atoms with Crippen LogP contribution in [-0.4, -0.2) is 29.8 Å². The standard InChI is InChI=1S/C6H8N2O4/c1-3-11-5(9)4-7-6(10-2)12-8-4/h3H2,1-2H3. The smallest absolute Gasteiger partial charge is 0.417 e. The molecule has 0 amide bonds. The van der Waals surface area contributed by atoms with E-state index in [-0.39, 0.29) is 18.5 Å². The molecule has 1 heterocycles. The zero-order valence-corrected chi connectivity index (χ0v) is 6.73. The van der Waals surface area contributed by atoms with E-state index in [1.807, 2.05) is 0 Å². The van der Waals surface area contributed by atoms with Crippen LogP contribution in [0.15, 0.2) is 4.52 Å². The molecular formula is C6H8N2O4. The van der Waals surface area contributed by atoms with E-state index in [1.54, 1.807) is 6.92 Å². The van der Waals surface area contributed by atoms with Gasteiger partial charge in [0.05, 0.1) is 13.7 Å². The van der Waals surface area contributed by atoms with E-state index in [0.717, 1.165) is 0 Å². The van der Waals surface area contributed by atoms with Crippen molar-refractivity contribution < 1.29 is 18.8 Å². The van der Waals surface area contributed by atoms with Crippen molar-refractivity contribution >= 4 is 5.97 Å². The highest BCUT2D eigenvalue weighted by Crippen LogP contribution is 2.05. The number of esters is 1. The van der Waals surface area contributed by atoms with Crippen molar-refractivity contribution in [2.75, 3.05) is 13.7 Å². The van der Waals surface area contributed by atoms with Crippen LogP contribution in [0.25, 0.3) is 0 Å². The highest BCUT2D eigenvalue weighted by atomic mass is 16.6. The molecule has 1 aromatic rings. The summed E-state index contributed by atoms with van der Waals surface area (Å²) in [5.74, 6) is -0.752. The third kappa shape index (κ3) is 1.71. The molecule has 0 aliphatic heterocycles. The van der Waals surface area contributed by atoms with Gasteiger partial charge in [0.1, 0.15) is 0 Å². The molecular weight excluding hydrogens is 164 g/mol. The van der Waals surface area contributed by atoms with E-state index in [9.17, 15) is 4.79 Å². The van der Waals surface area contributed by atoms with Crippen molar-refractivity contribution in [1.82, 2.24) is 10.1 Å². The average molecular weight is 172 g/mol. The van der Waals surface area contributed by atoms with Gasteiger partial charge in [-0.1, -0.05) is 0 Å². The van der Waals surface area contributed by atoms with Gasteiger partial charge in [0.2, 0.25) is 0 Å². The molecule has 66 valence electrons. The molecule has 0 aliphatic carbocycles. The van der Waals surface area contributed by atoms with E-state index in [0.29, 0.717) is 0 Å². The van der Waals surface area contributed by atoms with E-state index in [1.165, 1.54) is 7.11 Å². The molecule has 0 saturated carbocycles. The van der Waals surface area contributed by atoms with Crippen molar-refractivity contribution in [3.05, 3.63) is 5.82 Å². The van der Waals surface area contributed by atoms with Gasteiger partial charge in [-0.3, -0.25) is 4.52 Å². The second kappa shape index (κ2) is 3.70. The zero-order chi connectivity index (χ0) is 8.97. The van der Waals surface area contributed by atoms with Gasteiger partial charge < -0.3 is 9.47 Å². The topological polar surface area (TPSA) is 74.5 Å². The monoisotopic (exact) mass is 172 g/mol. The van der Waals surface area contributed by atoms with Crippen molar-refractivity contribution in [3.8, 4) is 6.08 Å². The quantitative estimate of drug-likeness (QED) is 0.608. The SMILES string of the molecule is CCOC(=O)c1noc(OC)n1. The molecule has 0 fully saturated rings. The fraction of sp³-hybridized carbons (Fsp3) is 0.500. The Morgan fingerprint density at radius 1 is 1.67 bits per heavy atom. The fourth-order valence-corrected chi connectivity index (χ4v) is 0.571. The highest BCUT2D eigenvalue weighted by molar-refractivity contribution is 5.84. The van der Waals surface area contributed by atoms with E-state index in [2.05, 4.69) is 24.1 Å². The first-order valence-corrected chi connectivity index (χ1v) is 3.32. The summed E-state index contributed by atoms with van der Waals surface area (Å²) < 4.78 is 13.7. The van der Waals surface area contributed by atoms with Crippen LogP contribution >= 0.6 is 0 Å². The molecule has 0 N–H and O–H groups in total. The molecule has 0 unspecified atom stereocenters. The zero-order valence-electron chi connectivity index (χ0n) is 6.73. The first-order valence-electron chi connectivity index (χ1n) is 3.32. The lowest BCUT2D eigenvalue weighted by Crippen LogP contribution is -2.06. The Hall–Kier alpha value is -1.59. The number of rotatable bonds is 3. The summed E-state index contributed by atoms with van der Waals surface area (Å²) in [5.41, 5.74) is 0. The second-order valence-corrected chi connectivity index (χ2v) is 1.81. The third-order valence-corrected chi connectivity index (χ3v) is 1.04. The van der Waals surface area contributed by atoms with E-state index in [4.69, 9.17) is 0 Å². The molecule has 6 heteroatoms. The van der Waals surface area contributed by atoms with Gasteiger partial charge in [0, 0.05) is 0 Å². The Morgan fingerprint density at radius 3 is 2.92 bits per heavy atom. The molecule has 0 atom stereocenters. The maximum atomic E-state index is 10.9. The van der Waals surface area contributed by atoms with E-state index < -0.39 is 5.97 Å². The number of ether oxygens (including phenoxy) is 2. The lowest BCUT2D eigenvalue weighted by Gasteiger charge is -1.93. The van der Waals surface area contributed by atoms with E-state index >= 15 is 0 Å². The molecule has 0 saturated heterocycles. The van der Waals surface area contributed by atoms with Crippen LogP contribution < -0.4 is 4.74 Å². The van der Waals surface area contributed by atoms with Crippen molar-refractivity contribution in [1.29, 1.82) is 0 Å². The van der Waals surface area contributed by atoms with Crippen molar-refractivity contribution in [2.45, 2.75) is 6.92 Å². The Kier molecular flexibility index (Phi) is 2.62. The summed E-state index contributed by atoms with van der Waals surface area (Å²) >= 11 is 0. The Morgan fingerprint density at radius 2 is 2.42 bits per heavy atom. The number of methoxy groups -OCH3 is 1. The number of carbonyl (C=O) groups is 1. The van der Waals surface area contributed by atoms with Gasteiger partial charge in [-0.2, -0.15) is 0 Å². The second-order valence-electron chi connectivity index (χ2n) is 1.81. The summed E-state index contributed by atoms with van der Waals surface area (Å²) in [4.78, 5) is 14.5. The predicted octanol–water partition coefficient (Wildman–Crippen LogP) is 0.255. The minimum atomic E-state index is -0.621. The lowest BCUT2D eigenvalue weighted by molar-refractivity contribution is 0.0508. The highest BCUT2D eigenvalue weighted by Gasteiger charge is 2.15. The van der Waals surface area contributed by atoms with Crippen LogP contribution in [0.5, 0.6) is 6.08 Å². The summed E-state index contributed by atoms with van der Waals surface area (Å²) in [6, 6.07) is 0. The first kappa shape index (κ1) is 8.51. The van der Waals surface area contributed by atoms with Crippen LogP contribution in [0, 0.1) is 0 Å². The first-order chi connectivity index (χ1) is 5.77. The Balaban J connectivity index is 2.68. The molecule has 1 aromatic heterocycles. The Labute approximate surface area is 68.5 Å². The average Bonchev–Trinajstić information content (AvgIpc) is 2.52. The number of hydrogen-bond acceptors (Lipinski definition) is 6. The number of nitrogens with zero attached hydrogens (tertiary/aromatic N) is 2. The summed E-state index contributed by atoms with van der Waals surface area (Å²) in [5, 5.41) is 3.32. The predicted molar refractivity (Wildman–Crippen MR) is 36.8 cm³/mol. The summed E-state index contributed by atoms with van der Waals surface area (Å²) in [6.45, 7) is 1.96. The molecule has 1 rings (SSSR count). The van der Waals surface area contributed by atoms with Gasteiger partial charge in [-0.25, -0.2) is 4.79 Å². The van der Waals surface area contributed by atoms with Crippen LogP contribution in [0.3, 0.4) is 0 Å². The lowest BCUT2D eigenvalue weighted by atomic mass is 10.6. The number of carbonyl (C=O) groups excluding carboxylic acids is 1. The van der Waals surface area contributed by atoms with Crippen molar-refractivity contribution in [2.24, 2.45) is 0 Å². The minimum Gasteiger partial charge on any atom is -0.460 e. The molecule has 6 nitrogen and oxygen atoms in total. The summed E-state index contributed by atoms with van der Waals surface area (Å²) in [7, 11) is 1.36. The van der Waals surface area contributed by atoms with Crippen LogP contribution in [0.4, 0.5) is 0 Å².